The van der Waals surface area contributed by atoms with E-state index < -0.39 is 10.0 Å². The van der Waals surface area contributed by atoms with Crippen LogP contribution in [0, 0.1) is 13.8 Å². The second-order valence-electron chi connectivity index (χ2n) is 6.54. The zero-order valence-corrected chi connectivity index (χ0v) is 16.6. The molecule has 0 aliphatic rings. The molecule has 0 unspecified atom stereocenters. The molecule has 0 heterocycles. The normalized spacial score (nSPS) is 11.2. The lowest BCUT2D eigenvalue weighted by atomic mass is 10.1. The predicted molar refractivity (Wildman–Crippen MR) is 111 cm³/mol. The average Bonchev–Trinajstić information content (AvgIpc) is 2.71. The van der Waals surface area contributed by atoms with Crippen molar-refractivity contribution in [2.45, 2.75) is 25.3 Å². The van der Waals surface area contributed by atoms with Crippen molar-refractivity contribution in [2.75, 3.05) is 5.32 Å². The minimum atomic E-state index is -3.65. The van der Waals surface area contributed by atoms with Gasteiger partial charge in [0.1, 0.15) is 0 Å². The summed E-state index contributed by atoms with van der Waals surface area (Å²) in [5.74, 6) is -0.283. The molecule has 3 aromatic carbocycles. The molecule has 3 aromatic rings. The fourth-order valence-corrected chi connectivity index (χ4v) is 3.74. The fraction of sp³-hybridized carbons (Fsp3) is 0.136. The van der Waals surface area contributed by atoms with Gasteiger partial charge >= 0.3 is 0 Å². The number of anilines is 1. The first-order chi connectivity index (χ1) is 13.4. The van der Waals surface area contributed by atoms with Crippen LogP contribution >= 0.6 is 0 Å². The molecule has 0 atom stereocenters. The number of carbonyl (C=O) groups excluding carboxylic acids is 1. The van der Waals surface area contributed by atoms with Crippen LogP contribution in [0.25, 0.3) is 0 Å². The lowest BCUT2D eigenvalue weighted by molar-refractivity contribution is 0.102. The maximum Gasteiger partial charge on any atom is 0.255 e. The van der Waals surface area contributed by atoms with E-state index in [0.717, 1.165) is 22.4 Å². The average molecular weight is 394 g/mol. The molecule has 0 aliphatic carbocycles. The van der Waals surface area contributed by atoms with Crippen LogP contribution in [0.1, 0.15) is 27.0 Å². The Morgan fingerprint density at radius 3 is 2.21 bits per heavy atom. The summed E-state index contributed by atoms with van der Waals surface area (Å²) < 4.78 is 27.5. The van der Waals surface area contributed by atoms with E-state index in [2.05, 4.69) is 10.0 Å². The van der Waals surface area contributed by atoms with Gasteiger partial charge < -0.3 is 5.32 Å². The van der Waals surface area contributed by atoms with E-state index in [-0.39, 0.29) is 17.3 Å². The third kappa shape index (κ3) is 4.65. The largest absolute Gasteiger partial charge is 0.322 e. The van der Waals surface area contributed by atoms with Crippen molar-refractivity contribution >= 4 is 21.6 Å². The molecule has 0 spiro atoms. The molecule has 6 heteroatoms. The Labute approximate surface area is 165 Å². The first-order valence-corrected chi connectivity index (χ1v) is 10.4. The van der Waals surface area contributed by atoms with Crippen molar-refractivity contribution in [1.82, 2.24) is 4.72 Å². The highest BCUT2D eigenvalue weighted by Gasteiger charge is 2.15. The van der Waals surface area contributed by atoms with Crippen molar-refractivity contribution in [3.05, 3.63) is 95.1 Å². The molecule has 1 amide bonds. The van der Waals surface area contributed by atoms with E-state index in [1.165, 1.54) is 24.3 Å². The second kappa shape index (κ2) is 8.37. The van der Waals surface area contributed by atoms with Crippen LogP contribution in [0.4, 0.5) is 5.69 Å². The minimum Gasteiger partial charge on any atom is -0.322 e. The zero-order valence-electron chi connectivity index (χ0n) is 15.8. The lowest BCUT2D eigenvalue weighted by Crippen LogP contribution is -2.23. The molecule has 144 valence electrons. The molecule has 28 heavy (non-hydrogen) atoms. The molecular formula is C22H22N2O3S. The quantitative estimate of drug-likeness (QED) is 0.663. The van der Waals surface area contributed by atoms with Crippen molar-refractivity contribution in [3.8, 4) is 0 Å². The summed E-state index contributed by atoms with van der Waals surface area (Å²) in [6.07, 6.45) is 0. The predicted octanol–water partition coefficient (Wildman–Crippen LogP) is 4.03. The third-order valence-electron chi connectivity index (χ3n) is 4.59. The van der Waals surface area contributed by atoms with Gasteiger partial charge in [0.2, 0.25) is 10.0 Å². The van der Waals surface area contributed by atoms with E-state index in [1.54, 1.807) is 0 Å². The van der Waals surface area contributed by atoms with Gasteiger partial charge in [0.15, 0.2) is 0 Å². The van der Waals surface area contributed by atoms with Gasteiger partial charge in [-0.2, -0.15) is 0 Å². The number of amides is 1. The highest BCUT2D eigenvalue weighted by atomic mass is 32.2. The summed E-state index contributed by atoms with van der Waals surface area (Å²) in [7, 11) is -3.65. The lowest BCUT2D eigenvalue weighted by Gasteiger charge is -2.11. The molecule has 0 saturated carbocycles. The Morgan fingerprint density at radius 1 is 0.857 bits per heavy atom. The molecule has 0 aromatic heterocycles. The Hall–Kier alpha value is -2.96. The molecule has 3 rings (SSSR count). The first kappa shape index (κ1) is 19.8. The number of carbonyl (C=O) groups is 1. The summed E-state index contributed by atoms with van der Waals surface area (Å²) >= 11 is 0. The fourth-order valence-electron chi connectivity index (χ4n) is 2.72. The Kier molecular flexibility index (Phi) is 5.92. The molecule has 0 bridgehead atoms. The van der Waals surface area contributed by atoms with Crippen LogP contribution in [-0.2, 0) is 16.6 Å². The summed E-state index contributed by atoms with van der Waals surface area (Å²) in [5.41, 5.74) is 4.09. The second-order valence-corrected chi connectivity index (χ2v) is 8.30. The minimum absolute atomic E-state index is 0.117. The summed E-state index contributed by atoms with van der Waals surface area (Å²) in [6, 6.07) is 20.9. The maximum atomic E-state index is 12.5. The van der Waals surface area contributed by atoms with Crippen molar-refractivity contribution in [2.24, 2.45) is 0 Å². The van der Waals surface area contributed by atoms with E-state index in [4.69, 9.17) is 0 Å². The van der Waals surface area contributed by atoms with Crippen LogP contribution in [0.2, 0.25) is 0 Å². The summed E-state index contributed by atoms with van der Waals surface area (Å²) in [4.78, 5) is 12.6. The van der Waals surface area contributed by atoms with Crippen LogP contribution in [0.15, 0.2) is 77.7 Å². The van der Waals surface area contributed by atoms with Gasteiger partial charge in [-0.15, -0.1) is 0 Å². The Bertz CT molecular complexity index is 1080. The smallest absolute Gasteiger partial charge is 0.255 e. The standard InChI is InChI=1S/C22H22N2O3S/c1-16-7-6-10-21(17(16)2)24-22(25)19-11-13-20(14-12-19)28(26,27)23-15-18-8-4-3-5-9-18/h3-14,23H,15H2,1-2H3,(H,24,25). The number of benzene rings is 3. The molecule has 2 N–H and O–H groups in total. The Morgan fingerprint density at radius 2 is 1.54 bits per heavy atom. The van der Waals surface area contributed by atoms with E-state index in [9.17, 15) is 13.2 Å². The van der Waals surface area contributed by atoms with E-state index >= 15 is 0 Å². The van der Waals surface area contributed by atoms with Gasteiger partial charge in [-0.1, -0.05) is 42.5 Å². The van der Waals surface area contributed by atoms with E-state index in [1.807, 2.05) is 62.4 Å². The number of nitrogens with one attached hydrogen (secondary N) is 2. The number of hydrogen-bond donors (Lipinski definition) is 2. The van der Waals surface area contributed by atoms with Crippen LogP contribution in [-0.4, -0.2) is 14.3 Å². The van der Waals surface area contributed by atoms with Crippen LogP contribution < -0.4 is 10.0 Å². The van der Waals surface area contributed by atoms with Crippen LogP contribution in [0.3, 0.4) is 0 Å². The van der Waals surface area contributed by atoms with Crippen molar-refractivity contribution < 1.29 is 13.2 Å². The van der Waals surface area contributed by atoms with Crippen LogP contribution in [0.5, 0.6) is 0 Å². The number of rotatable bonds is 6. The van der Waals surface area contributed by atoms with Gasteiger partial charge in [-0.25, -0.2) is 13.1 Å². The highest BCUT2D eigenvalue weighted by Crippen LogP contribution is 2.19. The monoisotopic (exact) mass is 394 g/mol. The molecule has 5 nitrogen and oxygen atoms in total. The molecule has 0 aliphatic heterocycles. The zero-order chi connectivity index (χ0) is 20.1. The molecule has 0 radical (unpaired) electrons. The summed E-state index contributed by atoms with van der Waals surface area (Å²) in [5, 5.41) is 2.87. The molecular weight excluding hydrogens is 372 g/mol. The van der Waals surface area contributed by atoms with Gasteiger partial charge in [0.25, 0.3) is 5.91 Å². The molecule has 0 saturated heterocycles. The van der Waals surface area contributed by atoms with Gasteiger partial charge in [-0.05, 0) is 60.9 Å². The van der Waals surface area contributed by atoms with Gasteiger partial charge in [-0.3, -0.25) is 4.79 Å². The maximum absolute atomic E-state index is 12.5. The number of hydrogen-bond acceptors (Lipinski definition) is 3. The summed E-state index contributed by atoms with van der Waals surface area (Å²) in [6.45, 7) is 4.13. The van der Waals surface area contributed by atoms with Gasteiger partial charge in [0, 0.05) is 17.8 Å². The number of sulfonamides is 1. The molecule has 0 fully saturated rings. The third-order valence-corrected chi connectivity index (χ3v) is 6.01. The van der Waals surface area contributed by atoms with Gasteiger partial charge in [0.05, 0.1) is 4.90 Å². The number of aryl methyl sites for hydroxylation is 1. The van der Waals surface area contributed by atoms with Crippen molar-refractivity contribution in [1.29, 1.82) is 0 Å². The Balaban J connectivity index is 1.70. The highest BCUT2D eigenvalue weighted by molar-refractivity contribution is 7.89. The van der Waals surface area contributed by atoms with Crippen molar-refractivity contribution in [3.63, 3.8) is 0 Å². The first-order valence-electron chi connectivity index (χ1n) is 8.88. The topological polar surface area (TPSA) is 75.3 Å². The van der Waals surface area contributed by atoms with E-state index in [0.29, 0.717) is 5.56 Å². The SMILES string of the molecule is Cc1cccc(NC(=O)c2ccc(S(=O)(=O)NCc3ccccc3)cc2)c1C.